The van der Waals surface area contributed by atoms with Crippen LogP contribution in [-0.2, 0) is 0 Å². The van der Waals surface area contributed by atoms with Crippen LogP contribution in [0.2, 0.25) is 0 Å². The summed E-state index contributed by atoms with van der Waals surface area (Å²) in [6.07, 6.45) is 0. The van der Waals surface area contributed by atoms with Crippen LogP contribution in [0, 0.1) is 0 Å². The molecule has 0 fully saturated rings. The first kappa shape index (κ1) is 24.7. The second kappa shape index (κ2) is 9.86. The van der Waals surface area contributed by atoms with E-state index in [9.17, 15) is 0 Å². The van der Waals surface area contributed by atoms with Crippen LogP contribution >= 0.6 is 0 Å². The topological polar surface area (TPSA) is 26.3 Å². The van der Waals surface area contributed by atoms with Crippen molar-refractivity contribution in [2.45, 2.75) is 0 Å². The van der Waals surface area contributed by atoms with Crippen molar-refractivity contribution in [3.8, 4) is 44.5 Å². The van der Waals surface area contributed by atoms with Gasteiger partial charge in [-0.05, 0) is 75.3 Å². The SMILES string of the molecule is c1ccc(-c2cccc(-c3cccc(-c4cccc(-c5cccc6c5oc5c6ccc6c7ccccc7oc65)c4)c3)c2)cc1. The summed E-state index contributed by atoms with van der Waals surface area (Å²) in [5.74, 6) is 0. The van der Waals surface area contributed by atoms with Gasteiger partial charge in [-0.3, -0.25) is 0 Å². The molecule has 0 spiro atoms. The van der Waals surface area contributed by atoms with Gasteiger partial charge in [-0.2, -0.15) is 0 Å². The molecule has 2 nitrogen and oxygen atoms in total. The Bertz CT molecular complexity index is 2490. The lowest BCUT2D eigenvalue weighted by molar-refractivity contribution is 0.634. The molecule has 0 aliphatic carbocycles. The van der Waals surface area contributed by atoms with E-state index < -0.39 is 0 Å². The average molecular weight is 563 g/mol. The van der Waals surface area contributed by atoms with Gasteiger partial charge in [-0.15, -0.1) is 0 Å². The highest BCUT2D eigenvalue weighted by molar-refractivity contribution is 6.20. The molecule has 0 aliphatic rings. The normalized spacial score (nSPS) is 11.6. The summed E-state index contributed by atoms with van der Waals surface area (Å²) < 4.78 is 13.0. The smallest absolute Gasteiger partial charge is 0.178 e. The molecular weight excluding hydrogens is 536 g/mol. The lowest BCUT2D eigenvalue weighted by Gasteiger charge is -2.10. The van der Waals surface area contributed by atoms with Crippen molar-refractivity contribution in [3.05, 3.63) is 158 Å². The van der Waals surface area contributed by atoms with E-state index in [4.69, 9.17) is 8.83 Å². The molecule has 9 aromatic rings. The van der Waals surface area contributed by atoms with Crippen molar-refractivity contribution in [2.24, 2.45) is 0 Å². The predicted octanol–water partition coefficient (Wildman–Crippen LogP) is 12.2. The van der Waals surface area contributed by atoms with E-state index in [0.29, 0.717) is 0 Å². The lowest BCUT2D eigenvalue weighted by Crippen LogP contribution is -1.85. The van der Waals surface area contributed by atoms with Gasteiger partial charge in [0.15, 0.2) is 11.2 Å². The standard InChI is InChI=1S/C42H26O2/c1-2-10-27(11-3-1)28-12-6-13-29(24-28)30-14-7-15-31(25-30)32-16-8-17-33(26-32)34-19-9-20-36-38-23-22-37-35-18-4-5-21-39(35)43-41(37)42(38)44-40(34)36/h1-26H. The second-order valence-corrected chi connectivity index (χ2v) is 11.3. The third-order valence-corrected chi connectivity index (χ3v) is 8.68. The molecule has 2 heteroatoms. The third-order valence-electron chi connectivity index (χ3n) is 8.68. The maximum Gasteiger partial charge on any atom is 0.178 e. The van der Waals surface area contributed by atoms with Crippen molar-refractivity contribution in [1.82, 2.24) is 0 Å². The van der Waals surface area contributed by atoms with E-state index in [1.165, 1.54) is 27.8 Å². The second-order valence-electron chi connectivity index (χ2n) is 11.3. The first-order valence-corrected chi connectivity index (χ1v) is 14.9. The zero-order valence-corrected chi connectivity index (χ0v) is 23.8. The number of para-hydroxylation sites is 2. The Kier molecular flexibility index (Phi) is 5.54. The van der Waals surface area contributed by atoms with Crippen LogP contribution in [0.15, 0.2) is 167 Å². The van der Waals surface area contributed by atoms with Gasteiger partial charge in [0.25, 0.3) is 0 Å². The highest BCUT2D eigenvalue weighted by atomic mass is 16.4. The van der Waals surface area contributed by atoms with Crippen molar-refractivity contribution < 1.29 is 8.83 Å². The zero-order chi connectivity index (χ0) is 29.0. The fraction of sp³-hybridized carbons (Fsp3) is 0. The van der Waals surface area contributed by atoms with Gasteiger partial charge in [-0.25, -0.2) is 0 Å². The Morgan fingerprint density at radius 1 is 0.273 bits per heavy atom. The van der Waals surface area contributed by atoms with E-state index in [1.807, 2.05) is 18.2 Å². The molecule has 0 unspecified atom stereocenters. The molecule has 0 bridgehead atoms. The number of benzene rings is 7. The van der Waals surface area contributed by atoms with E-state index in [1.54, 1.807) is 0 Å². The van der Waals surface area contributed by atoms with Gasteiger partial charge < -0.3 is 8.83 Å². The first-order valence-electron chi connectivity index (χ1n) is 14.9. The van der Waals surface area contributed by atoms with Crippen molar-refractivity contribution in [2.75, 3.05) is 0 Å². The Labute approximate surface area is 254 Å². The van der Waals surface area contributed by atoms with Crippen molar-refractivity contribution >= 4 is 43.9 Å². The minimum Gasteiger partial charge on any atom is -0.452 e. The predicted molar refractivity (Wildman–Crippen MR) is 183 cm³/mol. The number of rotatable bonds is 4. The Morgan fingerprint density at radius 3 is 1.43 bits per heavy atom. The van der Waals surface area contributed by atoms with Gasteiger partial charge in [0.2, 0.25) is 0 Å². The van der Waals surface area contributed by atoms with Crippen LogP contribution in [0.4, 0.5) is 0 Å². The number of fused-ring (bicyclic) bond motifs is 7. The third kappa shape index (κ3) is 3.96. The average Bonchev–Trinajstić information content (AvgIpc) is 3.68. The first-order chi connectivity index (χ1) is 21.8. The molecule has 9 rings (SSSR count). The molecule has 0 saturated heterocycles. The maximum absolute atomic E-state index is 6.66. The molecule has 0 atom stereocenters. The minimum atomic E-state index is 0.794. The van der Waals surface area contributed by atoms with Crippen LogP contribution in [0.25, 0.3) is 88.4 Å². The minimum absolute atomic E-state index is 0.794. The molecular formula is C42H26O2. The number of furan rings is 2. The van der Waals surface area contributed by atoms with E-state index in [2.05, 4.69) is 140 Å². The van der Waals surface area contributed by atoms with Crippen LogP contribution in [-0.4, -0.2) is 0 Å². The zero-order valence-electron chi connectivity index (χ0n) is 23.8. The molecule has 206 valence electrons. The number of hydrogen-bond donors (Lipinski definition) is 0. The van der Waals surface area contributed by atoms with Gasteiger partial charge in [0, 0.05) is 27.1 Å². The largest absolute Gasteiger partial charge is 0.452 e. The van der Waals surface area contributed by atoms with Crippen LogP contribution in [0.3, 0.4) is 0 Å². The molecule has 0 amide bonds. The summed E-state index contributed by atoms with van der Waals surface area (Å²) in [6.45, 7) is 0. The molecule has 0 N–H and O–H groups in total. The Morgan fingerprint density at radius 2 is 0.727 bits per heavy atom. The van der Waals surface area contributed by atoms with Crippen molar-refractivity contribution in [3.63, 3.8) is 0 Å². The molecule has 2 aromatic heterocycles. The molecule has 0 saturated carbocycles. The summed E-state index contributed by atoms with van der Waals surface area (Å²) in [5, 5.41) is 4.33. The van der Waals surface area contributed by atoms with Gasteiger partial charge >= 0.3 is 0 Å². The fourth-order valence-corrected chi connectivity index (χ4v) is 6.52. The van der Waals surface area contributed by atoms with Gasteiger partial charge in [0.05, 0.1) is 0 Å². The lowest BCUT2D eigenvalue weighted by atomic mass is 9.94. The van der Waals surface area contributed by atoms with Crippen molar-refractivity contribution in [1.29, 1.82) is 0 Å². The number of hydrogen-bond acceptors (Lipinski definition) is 2. The van der Waals surface area contributed by atoms with Gasteiger partial charge in [0.1, 0.15) is 11.2 Å². The van der Waals surface area contributed by atoms with E-state index in [0.717, 1.165) is 60.6 Å². The maximum atomic E-state index is 6.66. The van der Waals surface area contributed by atoms with E-state index in [-0.39, 0.29) is 0 Å². The fourth-order valence-electron chi connectivity index (χ4n) is 6.52. The summed E-state index contributed by atoms with van der Waals surface area (Å²) in [4.78, 5) is 0. The van der Waals surface area contributed by atoms with Crippen LogP contribution < -0.4 is 0 Å². The summed E-state index contributed by atoms with van der Waals surface area (Å²) in [5.41, 5.74) is 12.7. The molecule has 0 aliphatic heterocycles. The Balaban J connectivity index is 1.14. The van der Waals surface area contributed by atoms with Gasteiger partial charge in [-0.1, -0.05) is 121 Å². The summed E-state index contributed by atoms with van der Waals surface area (Å²) in [7, 11) is 0. The molecule has 0 radical (unpaired) electrons. The van der Waals surface area contributed by atoms with Crippen LogP contribution in [0.5, 0.6) is 0 Å². The molecule has 7 aromatic carbocycles. The highest BCUT2D eigenvalue weighted by Crippen LogP contribution is 2.42. The van der Waals surface area contributed by atoms with E-state index >= 15 is 0 Å². The summed E-state index contributed by atoms with van der Waals surface area (Å²) in [6, 6.07) is 55.7. The monoisotopic (exact) mass is 562 g/mol. The molecule has 2 heterocycles. The summed E-state index contributed by atoms with van der Waals surface area (Å²) >= 11 is 0. The quantitative estimate of drug-likeness (QED) is 0.213. The molecule has 44 heavy (non-hydrogen) atoms. The van der Waals surface area contributed by atoms with Crippen LogP contribution in [0.1, 0.15) is 0 Å². The highest BCUT2D eigenvalue weighted by Gasteiger charge is 2.18. The Hall–Kier alpha value is -5.86.